The van der Waals surface area contributed by atoms with E-state index in [9.17, 15) is 14.3 Å². The first-order valence-corrected chi connectivity index (χ1v) is 8.64. The summed E-state index contributed by atoms with van der Waals surface area (Å²) in [6.45, 7) is -0.0881. The van der Waals surface area contributed by atoms with Gasteiger partial charge in [0.15, 0.2) is 0 Å². The van der Waals surface area contributed by atoms with Gasteiger partial charge in [-0.2, -0.15) is 0 Å². The molecule has 6 heteroatoms. The normalized spacial score (nSPS) is 13.8. The molecule has 3 N–H and O–H groups in total. The zero-order valence-electron chi connectivity index (χ0n) is 14.4. The highest BCUT2D eigenvalue weighted by Gasteiger charge is 2.21. The Kier molecular flexibility index (Phi) is 4.56. The highest BCUT2D eigenvalue weighted by atomic mass is 19.1. The molecule has 27 heavy (non-hydrogen) atoms. The van der Waals surface area contributed by atoms with Gasteiger partial charge in [0, 0.05) is 29.2 Å². The Morgan fingerprint density at radius 2 is 2.00 bits per heavy atom. The first-order chi connectivity index (χ1) is 13.1. The number of benzene rings is 2. The van der Waals surface area contributed by atoms with E-state index in [1.165, 1.54) is 6.07 Å². The van der Waals surface area contributed by atoms with Gasteiger partial charge in [0.2, 0.25) is 5.91 Å². The first-order valence-electron chi connectivity index (χ1n) is 8.64. The first kappa shape index (κ1) is 17.2. The maximum Gasteiger partial charge on any atom is 0.228 e. The number of anilines is 2. The lowest BCUT2D eigenvalue weighted by Crippen LogP contribution is -2.14. The minimum atomic E-state index is -0.420. The molecule has 1 aromatic heterocycles. The number of carbonyl (C=O) groups excluding carboxylic acids is 1. The zero-order chi connectivity index (χ0) is 18.8. The summed E-state index contributed by atoms with van der Waals surface area (Å²) in [7, 11) is 0. The summed E-state index contributed by atoms with van der Waals surface area (Å²) < 4.78 is 14.5. The maximum absolute atomic E-state index is 14.5. The Labute approximate surface area is 155 Å². The van der Waals surface area contributed by atoms with E-state index in [-0.39, 0.29) is 25.0 Å². The molecule has 1 aliphatic rings. The highest BCUT2D eigenvalue weighted by molar-refractivity contribution is 5.99. The van der Waals surface area contributed by atoms with Crippen LogP contribution in [0.1, 0.15) is 17.2 Å². The number of rotatable bonds is 5. The van der Waals surface area contributed by atoms with Gasteiger partial charge in [0.25, 0.3) is 0 Å². The molecule has 5 nitrogen and oxygen atoms in total. The summed E-state index contributed by atoms with van der Waals surface area (Å²) in [5.41, 5.74) is 3.90. The average molecular weight is 363 g/mol. The number of aliphatic hydroxyl groups is 1. The number of hydrogen-bond acceptors (Lipinski definition) is 4. The summed E-state index contributed by atoms with van der Waals surface area (Å²) in [5.74, 6) is -0.555. The van der Waals surface area contributed by atoms with Gasteiger partial charge in [-0.05, 0) is 29.3 Å². The van der Waals surface area contributed by atoms with Crippen LogP contribution in [0.4, 0.5) is 15.8 Å². The molecular weight excluding hydrogens is 345 g/mol. The molecular formula is C21H18FN3O2. The second-order valence-corrected chi connectivity index (χ2v) is 6.47. The minimum Gasteiger partial charge on any atom is -0.394 e. The third-order valence-electron chi connectivity index (χ3n) is 4.59. The fourth-order valence-electron chi connectivity index (χ4n) is 3.26. The molecule has 1 atom stereocenters. The molecule has 0 radical (unpaired) electrons. The SMILES string of the molecule is O=C1Cc2cc(-c3cncc(N[C@@H](CO)c4ccccc4)c3)c(F)cc2N1. The zero-order valence-corrected chi connectivity index (χ0v) is 14.4. The molecule has 0 bridgehead atoms. The van der Waals surface area contributed by atoms with Gasteiger partial charge in [0.05, 0.1) is 24.8 Å². The smallest absolute Gasteiger partial charge is 0.228 e. The van der Waals surface area contributed by atoms with Crippen molar-refractivity contribution in [3.05, 3.63) is 77.9 Å². The van der Waals surface area contributed by atoms with E-state index in [2.05, 4.69) is 15.6 Å². The van der Waals surface area contributed by atoms with Crippen LogP contribution in [0.2, 0.25) is 0 Å². The van der Waals surface area contributed by atoms with Gasteiger partial charge in [-0.15, -0.1) is 0 Å². The summed E-state index contributed by atoms with van der Waals surface area (Å²) in [5, 5.41) is 15.6. The van der Waals surface area contributed by atoms with Gasteiger partial charge in [-0.1, -0.05) is 30.3 Å². The number of nitrogens with one attached hydrogen (secondary N) is 2. The lowest BCUT2D eigenvalue weighted by molar-refractivity contribution is -0.115. The van der Waals surface area contributed by atoms with Gasteiger partial charge in [-0.25, -0.2) is 4.39 Å². The molecule has 0 fully saturated rings. The van der Waals surface area contributed by atoms with E-state index in [1.54, 1.807) is 24.5 Å². The molecule has 1 aliphatic heterocycles. The monoisotopic (exact) mass is 363 g/mol. The largest absolute Gasteiger partial charge is 0.394 e. The van der Waals surface area contributed by atoms with E-state index in [0.29, 0.717) is 22.5 Å². The third kappa shape index (κ3) is 3.52. The van der Waals surface area contributed by atoms with Crippen molar-refractivity contribution in [1.29, 1.82) is 0 Å². The van der Waals surface area contributed by atoms with Gasteiger partial charge < -0.3 is 15.7 Å². The molecule has 136 valence electrons. The quantitative estimate of drug-likeness (QED) is 0.648. The predicted octanol–water partition coefficient (Wildman–Crippen LogP) is 3.53. The molecule has 3 aromatic rings. The van der Waals surface area contributed by atoms with E-state index in [1.807, 2.05) is 30.3 Å². The molecule has 0 unspecified atom stereocenters. The lowest BCUT2D eigenvalue weighted by atomic mass is 10.0. The highest BCUT2D eigenvalue weighted by Crippen LogP contribution is 2.32. The van der Waals surface area contributed by atoms with Crippen molar-refractivity contribution in [2.45, 2.75) is 12.5 Å². The number of hydrogen-bond donors (Lipinski definition) is 3. The number of amides is 1. The van der Waals surface area contributed by atoms with Crippen LogP contribution >= 0.6 is 0 Å². The molecule has 1 amide bonds. The number of nitrogens with zero attached hydrogens (tertiary/aromatic N) is 1. The van der Waals surface area contributed by atoms with Crippen LogP contribution in [-0.4, -0.2) is 22.6 Å². The van der Waals surface area contributed by atoms with E-state index >= 15 is 0 Å². The van der Waals surface area contributed by atoms with Crippen molar-refractivity contribution >= 4 is 17.3 Å². The van der Waals surface area contributed by atoms with Crippen LogP contribution in [0, 0.1) is 5.82 Å². The summed E-state index contributed by atoms with van der Waals surface area (Å²) in [6.07, 6.45) is 3.46. The second kappa shape index (κ2) is 7.17. The Hall–Kier alpha value is -3.25. The number of carbonyl (C=O) groups is 1. The third-order valence-corrected chi connectivity index (χ3v) is 4.59. The van der Waals surface area contributed by atoms with E-state index in [4.69, 9.17) is 0 Å². The molecule has 0 saturated carbocycles. The van der Waals surface area contributed by atoms with Crippen LogP contribution in [0.3, 0.4) is 0 Å². The number of pyridine rings is 1. The van der Waals surface area contributed by atoms with Crippen molar-refractivity contribution in [2.75, 3.05) is 17.2 Å². The van der Waals surface area contributed by atoms with Crippen molar-refractivity contribution in [3.8, 4) is 11.1 Å². The van der Waals surface area contributed by atoms with Gasteiger partial charge >= 0.3 is 0 Å². The van der Waals surface area contributed by atoms with Crippen LogP contribution in [0.25, 0.3) is 11.1 Å². The predicted molar refractivity (Wildman–Crippen MR) is 102 cm³/mol. The second-order valence-electron chi connectivity index (χ2n) is 6.47. The molecule has 0 saturated heterocycles. The van der Waals surface area contributed by atoms with Gasteiger partial charge in [-0.3, -0.25) is 9.78 Å². The van der Waals surface area contributed by atoms with Crippen molar-refractivity contribution in [3.63, 3.8) is 0 Å². The van der Waals surface area contributed by atoms with Crippen LogP contribution in [0.15, 0.2) is 60.9 Å². The summed E-state index contributed by atoms with van der Waals surface area (Å²) >= 11 is 0. The Morgan fingerprint density at radius 1 is 1.19 bits per heavy atom. The maximum atomic E-state index is 14.5. The Morgan fingerprint density at radius 3 is 2.78 bits per heavy atom. The fraction of sp³-hybridized carbons (Fsp3) is 0.143. The average Bonchev–Trinajstić information content (AvgIpc) is 3.05. The van der Waals surface area contributed by atoms with Gasteiger partial charge in [0.1, 0.15) is 5.82 Å². The molecule has 0 spiro atoms. The van der Waals surface area contributed by atoms with E-state index < -0.39 is 5.82 Å². The van der Waals surface area contributed by atoms with Crippen molar-refractivity contribution in [2.24, 2.45) is 0 Å². The van der Waals surface area contributed by atoms with Crippen LogP contribution < -0.4 is 10.6 Å². The standard InChI is InChI=1S/C21H18FN3O2/c22-18-9-19-14(8-21(27)25-19)7-17(18)15-6-16(11-23-10-15)24-20(12-26)13-4-2-1-3-5-13/h1-7,9-11,20,24,26H,8,12H2,(H,25,27)/t20-/m0/s1. The summed E-state index contributed by atoms with van der Waals surface area (Å²) in [6, 6.07) is 14.1. The topological polar surface area (TPSA) is 74.2 Å². The molecule has 0 aliphatic carbocycles. The summed E-state index contributed by atoms with van der Waals surface area (Å²) in [4.78, 5) is 15.7. The van der Waals surface area contributed by atoms with Crippen molar-refractivity contribution in [1.82, 2.24) is 4.98 Å². The van der Waals surface area contributed by atoms with Crippen LogP contribution in [-0.2, 0) is 11.2 Å². The number of halogens is 1. The molecule has 2 heterocycles. The molecule has 4 rings (SSSR count). The lowest BCUT2D eigenvalue weighted by Gasteiger charge is -2.18. The Balaban J connectivity index is 1.64. The molecule has 2 aromatic carbocycles. The van der Waals surface area contributed by atoms with Crippen molar-refractivity contribution < 1.29 is 14.3 Å². The Bertz CT molecular complexity index is 992. The fourth-order valence-corrected chi connectivity index (χ4v) is 3.26. The van der Waals surface area contributed by atoms with Crippen LogP contribution in [0.5, 0.6) is 0 Å². The number of aromatic nitrogens is 1. The number of aliphatic hydroxyl groups excluding tert-OH is 1. The number of fused-ring (bicyclic) bond motifs is 1. The van der Waals surface area contributed by atoms with E-state index in [0.717, 1.165) is 11.1 Å². The minimum absolute atomic E-state index is 0.0881.